The van der Waals surface area contributed by atoms with Crippen LogP contribution in [-0.4, -0.2) is 43.7 Å². The topological polar surface area (TPSA) is 79.8 Å². The third kappa shape index (κ3) is 8.27. The number of Topliss-reactive ketones (excluding diaryl/α,β-unsaturated/α-hetero) is 1. The summed E-state index contributed by atoms with van der Waals surface area (Å²) in [5, 5.41) is 6.49. The number of benzene rings is 2. The first kappa shape index (κ1) is 27.0. The van der Waals surface area contributed by atoms with Gasteiger partial charge in [0.1, 0.15) is 11.8 Å². The molecule has 34 heavy (non-hydrogen) atoms. The molecule has 0 saturated carbocycles. The summed E-state index contributed by atoms with van der Waals surface area (Å²) in [6, 6.07) is 18.5. The summed E-state index contributed by atoms with van der Waals surface area (Å²) >= 11 is 0. The quantitative estimate of drug-likeness (QED) is 0.305. The van der Waals surface area contributed by atoms with Crippen LogP contribution in [0.15, 0.2) is 77.8 Å². The minimum absolute atomic E-state index is 0.0943. The van der Waals surface area contributed by atoms with Crippen molar-refractivity contribution in [3.63, 3.8) is 0 Å². The number of ether oxygens (including phenoxy) is 1. The van der Waals surface area contributed by atoms with Crippen molar-refractivity contribution in [3.8, 4) is 0 Å². The third-order valence-electron chi connectivity index (χ3n) is 5.78. The van der Waals surface area contributed by atoms with Gasteiger partial charge in [-0.25, -0.2) is 4.79 Å². The van der Waals surface area contributed by atoms with E-state index in [0.29, 0.717) is 12.3 Å². The Balaban J connectivity index is 2.15. The molecule has 2 atom stereocenters. The SMILES string of the molecule is C/C=C\C(=NC)C(=O)CNC[C@H](OC(=O)C(Nc1ccccc1)c1ccccc1)C(CC)CC. The van der Waals surface area contributed by atoms with Gasteiger partial charge in [-0.15, -0.1) is 0 Å². The number of anilines is 1. The average Bonchev–Trinajstić information content (AvgIpc) is 2.87. The zero-order valence-electron chi connectivity index (χ0n) is 20.7. The number of ketones is 1. The summed E-state index contributed by atoms with van der Waals surface area (Å²) in [5.74, 6) is -0.262. The Kier molecular flexibility index (Phi) is 11.8. The normalized spacial score (nSPS) is 13.6. The van der Waals surface area contributed by atoms with Crippen molar-refractivity contribution >= 4 is 23.2 Å². The molecule has 0 amide bonds. The molecule has 0 heterocycles. The van der Waals surface area contributed by atoms with Gasteiger partial charge in [0, 0.05) is 19.3 Å². The van der Waals surface area contributed by atoms with Crippen LogP contribution in [0.5, 0.6) is 0 Å². The first-order chi connectivity index (χ1) is 16.5. The number of rotatable bonds is 14. The van der Waals surface area contributed by atoms with E-state index in [9.17, 15) is 9.59 Å². The fraction of sp³-hybridized carbons (Fsp3) is 0.393. The minimum atomic E-state index is -0.643. The lowest BCUT2D eigenvalue weighted by molar-refractivity contribution is -0.153. The van der Waals surface area contributed by atoms with E-state index < -0.39 is 6.04 Å². The largest absolute Gasteiger partial charge is 0.459 e. The molecular formula is C28H37N3O3. The van der Waals surface area contributed by atoms with E-state index in [2.05, 4.69) is 29.5 Å². The molecule has 2 aromatic rings. The van der Waals surface area contributed by atoms with Gasteiger partial charge < -0.3 is 15.4 Å². The maximum absolute atomic E-state index is 13.4. The Bertz CT molecular complexity index is 938. The van der Waals surface area contributed by atoms with Crippen molar-refractivity contribution in [1.82, 2.24) is 5.32 Å². The number of carbonyl (C=O) groups is 2. The molecular weight excluding hydrogens is 426 g/mol. The van der Waals surface area contributed by atoms with Crippen LogP contribution in [-0.2, 0) is 14.3 Å². The Morgan fingerprint density at radius 2 is 1.62 bits per heavy atom. The van der Waals surface area contributed by atoms with Crippen LogP contribution in [0.2, 0.25) is 0 Å². The summed E-state index contributed by atoms with van der Waals surface area (Å²) in [7, 11) is 1.60. The van der Waals surface area contributed by atoms with E-state index >= 15 is 0 Å². The molecule has 1 unspecified atom stereocenters. The molecule has 0 aliphatic rings. The van der Waals surface area contributed by atoms with Gasteiger partial charge in [-0.05, 0) is 49.5 Å². The minimum Gasteiger partial charge on any atom is -0.459 e. The molecule has 0 fully saturated rings. The lowest BCUT2D eigenvalue weighted by Gasteiger charge is -2.28. The van der Waals surface area contributed by atoms with Crippen LogP contribution in [0.3, 0.4) is 0 Å². The van der Waals surface area contributed by atoms with Crippen LogP contribution in [0.25, 0.3) is 0 Å². The standard InChI is InChI=1S/C28H37N3O3/c1-5-14-24(29-4)25(32)19-30-20-26(21(6-2)7-3)34-28(33)27(22-15-10-8-11-16-22)31-23-17-12-9-13-18-23/h5,8-18,21,26-27,30-31H,6-7,19-20H2,1-4H3/b14-5-,29-24?/t26-,27?/m0/s1. The molecule has 0 radical (unpaired) electrons. The highest BCUT2D eigenvalue weighted by atomic mass is 16.5. The van der Waals surface area contributed by atoms with Crippen molar-refractivity contribution in [1.29, 1.82) is 0 Å². The number of allylic oxidation sites excluding steroid dienone is 2. The van der Waals surface area contributed by atoms with E-state index in [-0.39, 0.29) is 30.3 Å². The predicted molar refractivity (Wildman–Crippen MR) is 139 cm³/mol. The molecule has 6 nitrogen and oxygen atoms in total. The van der Waals surface area contributed by atoms with Crippen LogP contribution >= 0.6 is 0 Å². The van der Waals surface area contributed by atoms with Crippen LogP contribution in [0.1, 0.15) is 45.2 Å². The predicted octanol–water partition coefficient (Wildman–Crippen LogP) is 4.99. The zero-order chi connectivity index (χ0) is 24.8. The summed E-state index contributed by atoms with van der Waals surface area (Å²) in [6.07, 6.45) is 4.86. The molecule has 0 aliphatic carbocycles. The Labute approximate surface area is 203 Å². The van der Waals surface area contributed by atoms with Gasteiger partial charge in [-0.3, -0.25) is 9.79 Å². The molecule has 182 valence electrons. The first-order valence-electron chi connectivity index (χ1n) is 11.9. The van der Waals surface area contributed by atoms with Gasteiger partial charge >= 0.3 is 5.97 Å². The number of aliphatic imine (C=N–C) groups is 1. The van der Waals surface area contributed by atoms with Gasteiger partial charge in [-0.2, -0.15) is 0 Å². The Morgan fingerprint density at radius 3 is 2.18 bits per heavy atom. The van der Waals surface area contributed by atoms with Gasteiger partial charge in [0.2, 0.25) is 0 Å². The Morgan fingerprint density at radius 1 is 1.00 bits per heavy atom. The van der Waals surface area contributed by atoms with E-state index in [0.717, 1.165) is 24.1 Å². The highest BCUT2D eigenvalue weighted by Crippen LogP contribution is 2.24. The zero-order valence-corrected chi connectivity index (χ0v) is 20.7. The molecule has 0 saturated heterocycles. The van der Waals surface area contributed by atoms with E-state index in [1.54, 1.807) is 19.2 Å². The average molecular weight is 464 g/mol. The number of nitrogens with one attached hydrogen (secondary N) is 2. The lowest BCUT2D eigenvalue weighted by atomic mass is 9.96. The molecule has 2 rings (SSSR count). The van der Waals surface area contributed by atoms with Crippen molar-refractivity contribution in [2.75, 3.05) is 25.5 Å². The number of nitrogens with zero attached hydrogens (tertiary/aromatic N) is 1. The van der Waals surface area contributed by atoms with Crippen LogP contribution in [0, 0.1) is 5.92 Å². The molecule has 0 aliphatic heterocycles. The number of hydrogen-bond donors (Lipinski definition) is 2. The highest BCUT2D eigenvalue weighted by Gasteiger charge is 2.28. The molecule has 2 N–H and O–H groups in total. The van der Waals surface area contributed by atoms with Gasteiger partial charge in [-0.1, -0.05) is 68.5 Å². The smallest absolute Gasteiger partial charge is 0.333 e. The van der Waals surface area contributed by atoms with Gasteiger partial charge in [0.25, 0.3) is 0 Å². The fourth-order valence-electron chi connectivity index (χ4n) is 3.83. The molecule has 6 heteroatoms. The summed E-state index contributed by atoms with van der Waals surface area (Å²) < 4.78 is 6.08. The van der Waals surface area contributed by atoms with Gasteiger partial charge in [0.05, 0.1) is 6.54 Å². The van der Waals surface area contributed by atoms with Crippen molar-refractivity contribution in [2.24, 2.45) is 10.9 Å². The second kappa shape index (κ2) is 14.8. The van der Waals surface area contributed by atoms with Crippen LogP contribution in [0.4, 0.5) is 5.69 Å². The number of carbonyl (C=O) groups excluding carboxylic acids is 2. The van der Waals surface area contributed by atoms with Crippen molar-refractivity contribution < 1.29 is 14.3 Å². The van der Waals surface area contributed by atoms with Gasteiger partial charge in [0.15, 0.2) is 11.8 Å². The number of para-hydroxylation sites is 1. The second-order valence-electron chi connectivity index (χ2n) is 8.07. The molecule has 2 aromatic carbocycles. The molecule has 0 spiro atoms. The lowest BCUT2D eigenvalue weighted by Crippen LogP contribution is -2.41. The summed E-state index contributed by atoms with van der Waals surface area (Å²) in [4.78, 5) is 29.9. The second-order valence-corrected chi connectivity index (χ2v) is 8.07. The number of esters is 1. The van der Waals surface area contributed by atoms with E-state index in [1.807, 2.05) is 67.6 Å². The van der Waals surface area contributed by atoms with Crippen LogP contribution < -0.4 is 10.6 Å². The van der Waals surface area contributed by atoms with Crippen molar-refractivity contribution in [2.45, 2.75) is 45.8 Å². The number of hydrogen-bond acceptors (Lipinski definition) is 6. The third-order valence-corrected chi connectivity index (χ3v) is 5.78. The highest BCUT2D eigenvalue weighted by molar-refractivity contribution is 6.44. The molecule has 0 aromatic heterocycles. The maximum atomic E-state index is 13.4. The Hall–Kier alpha value is -3.25. The van der Waals surface area contributed by atoms with Crippen molar-refractivity contribution in [3.05, 3.63) is 78.4 Å². The van der Waals surface area contributed by atoms with E-state index in [4.69, 9.17) is 4.74 Å². The fourth-order valence-corrected chi connectivity index (χ4v) is 3.83. The summed E-state index contributed by atoms with van der Waals surface area (Å²) in [5.41, 5.74) is 2.09. The monoisotopic (exact) mass is 463 g/mol. The molecule has 0 bridgehead atoms. The summed E-state index contributed by atoms with van der Waals surface area (Å²) in [6.45, 7) is 6.55. The van der Waals surface area contributed by atoms with E-state index in [1.165, 1.54) is 0 Å². The maximum Gasteiger partial charge on any atom is 0.333 e. The first-order valence-corrected chi connectivity index (χ1v) is 11.9.